The minimum Gasteiger partial charge on any atom is -0.359 e. The largest absolute Gasteiger partial charge is 0.359 e. The van der Waals surface area contributed by atoms with Gasteiger partial charge in [0.15, 0.2) is 5.13 Å². The first-order chi connectivity index (χ1) is 9.10. The van der Waals surface area contributed by atoms with E-state index in [4.69, 9.17) is 11.6 Å². The summed E-state index contributed by atoms with van der Waals surface area (Å²) in [6, 6.07) is 0.381. The fraction of sp³-hybridized carbons (Fsp3) is 0.643. The van der Waals surface area contributed by atoms with E-state index < -0.39 is 0 Å². The summed E-state index contributed by atoms with van der Waals surface area (Å²) >= 11 is 7.88. The van der Waals surface area contributed by atoms with E-state index in [2.05, 4.69) is 42.0 Å². The maximum absolute atomic E-state index is 6.34. The van der Waals surface area contributed by atoms with E-state index in [9.17, 15) is 0 Å². The van der Waals surface area contributed by atoms with Crippen molar-refractivity contribution in [2.24, 2.45) is 0 Å². The molecule has 2 rings (SSSR count). The first-order valence-corrected chi connectivity index (χ1v) is 8.14. The zero-order valence-electron chi connectivity index (χ0n) is 11.9. The van der Waals surface area contributed by atoms with Crippen LogP contribution in [0.4, 0.5) is 5.13 Å². The van der Waals surface area contributed by atoms with Gasteiger partial charge in [-0.15, -0.1) is 0 Å². The van der Waals surface area contributed by atoms with Crippen molar-refractivity contribution >= 4 is 33.6 Å². The summed E-state index contributed by atoms with van der Waals surface area (Å²) in [5, 5.41) is 4.24. The minimum absolute atomic E-state index is 0.381. The predicted molar refractivity (Wildman–Crippen MR) is 85.2 cm³/mol. The van der Waals surface area contributed by atoms with Crippen molar-refractivity contribution in [2.45, 2.75) is 39.7 Å². The summed E-state index contributed by atoms with van der Waals surface area (Å²) in [6.45, 7) is 9.71. The molecule has 1 aromatic heterocycles. The third kappa shape index (κ3) is 3.94. The third-order valence-electron chi connectivity index (χ3n) is 3.07. The average Bonchev–Trinajstić information content (AvgIpc) is 2.70. The molecule has 2 heterocycles. The molecular weight excluding hydrogens is 278 g/mol. The van der Waals surface area contributed by atoms with Gasteiger partial charge in [0.1, 0.15) is 4.34 Å². The Hall–Kier alpha value is -0.580. The van der Waals surface area contributed by atoms with Crippen LogP contribution in [0.3, 0.4) is 0 Å². The van der Waals surface area contributed by atoms with Gasteiger partial charge in [-0.3, -0.25) is 4.90 Å². The Labute approximate surface area is 124 Å². The van der Waals surface area contributed by atoms with Crippen molar-refractivity contribution in [3.8, 4) is 0 Å². The van der Waals surface area contributed by atoms with Gasteiger partial charge in [-0.05, 0) is 38.8 Å². The smallest absolute Gasteiger partial charge is 0.184 e. The fourth-order valence-electron chi connectivity index (χ4n) is 2.29. The van der Waals surface area contributed by atoms with E-state index >= 15 is 0 Å². The Kier molecular flexibility index (Phi) is 5.25. The van der Waals surface area contributed by atoms with Crippen LogP contribution < -0.4 is 5.32 Å². The molecule has 0 bridgehead atoms. The van der Waals surface area contributed by atoms with Gasteiger partial charge in [0.25, 0.3) is 0 Å². The van der Waals surface area contributed by atoms with Crippen molar-refractivity contribution in [2.75, 3.05) is 25.0 Å². The van der Waals surface area contributed by atoms with E-state index in [1.165, 1.54) is 23.3 Å². The van der Waals surface area contributed by atoms with Crippen LogP contribution in [0.1, 0.15) is 39.3 Å². The van der Waals surface area contributed by atoms with Crippen LogP contribution in [0.2, 0.25) is 4.34 Å². The predicted octanol–water partition coefficient (Wildman–Crippen LogP) is 4.12. The molecule has 0 spiro atoms. The lowest BCUT2D eigenvalue weighted by atomic mass is 10.1. The van der Waals surface area contributed by atoms with Crippen LogP contribution in [0.5, 0.6) is 0 Å². The van der Waals surface area contributed by atoms with Crippen LogP contribution in [0.25, 0.3) is 5.57 Å². The van der Waals surface area contributed by atoms with Gasteiger partial charge in [-0.2, -0.15) is 0 Å². The number of nitrogens with one attached hydrogen (secondary N) is 1. The zero-order chi connectivity index (χ0) is 13.8. The highest BCUT2D eigenvalue weighted by Crippen LogP contribution is 2.34. The number of rotatable bonds is 5. The molecule has 1 aliphatic heterocycles. The second-order valence-electron chi connectivity index (χ2n) is 5.23. The van der Waals surface area contributed by atoms with Crippen LogP contribution in [-0.2, 0) is 0 Å². The molecule has 0 aliphatic carbocycles. The second-order valence-corrected chi connectivity index (χ2v) is 6.84. The number of hydrogen-bond acceptors (Lipinski definition) is 4. The molecule has 1 N–H and O–H groups in total. The number of hydrogen-bond donors (Lipinski definition) is 1. The highest BCUT2D eigenvalue weighted by molar-refractivity contribution is 7.19. The molecule has 0 radical (unpaired) electrons. The molecule has 0 unspecified atom stereocenters. The van der Waals surface area contributed by atoms with E-state index in [1.807, 2.05) is 0 Å². The van der Waals surface area contributed by atoms with Gasteiger partial charge < -0.3 is 5.32 Å². The molecule has 0 fully saturated rings. The Morgan fingerprint density at radius 2 is 2.32 bits per heavy atom. The summed E-state index contributed by atoms with van der Waals surface area (Å²) < 4.78 is 0.799. The zero-order valence-corrected chi connectivity index (χ0v) is 13.4. The first kappa shape index (κ1) is 14.8. The molecule has 0 amide bonds. The molecule has 1 aliphatic rings. The summed E-state index contributed by atoms with van der Waals surface area (Å²) in [7, 11) is 0. The minimum atomic E-state index is 0.381. The van der Waals surface area contributed by atoms with Crippen LogP contribution in [0.15, 0.2) is 6.08 Å². The maximum Gasteiger partial charge on any atom is 0.184 e. The maximum atomic E-state index is 6.34. The molecule has 0 aromatic carbocycles. The van der Waals surface area contributed by atoms with Gasteiger partial charge in [0.2, 0.25) is 0 Å². The molecule has 5 heteroatoms. The third-order valence-corrected chi connectivity index (χ3v) is 4.26. The normalized spacial score (nSPS) is 16.8. The molecule has 106 valence electrons. The van der Waals surface area contributed by atoms with E-state index in [-0.39, 0.29) is 0 Å². The van der Waals surface area contributed by atoms with Crippen molar-refractivity contribution in [1.82, 2.24) is 9.88 Å². The number of nitrogens with zero attached hydrogens (tertiary/aromatic N) is 2. The lowest BCUT2D eigenvalue weighted by Gasteiger charge is -2.26. The van der Waals surface area contributed by atoms with E-state index in [0.29, 0.717) is 6.04 Å². The summed E-state index contributed by atoms with van der Waals surface area (Å²) in [6.07, 6.45) is 4.57. The van der Waals surface area contributed by atoms with Crippen LogP contribution in [0, 0.1) is 0 Å². The van der Waals surface area contributed by atoms with E-state index in [1.54, 1.807) is 0 Å². The van der Waals surface area contributed by atoms with E-state index in [0.717, 1.165) is 41.2 Å². The Morgan fingerprint density at radius 3 is 3.00 bits per heavy atom. The van der Waals surface area contributed by atoms with Gasteiger partial charge in [-0.1, -0.05) is 35.9 Å². The van der Waals surface area contributed by atoms with Crippen LogP contribution in [-0.4, -0.2) is 35.6 Å². The van der Waals surface area contributed by atoms with Gasteiger partial charge >= 0.3 is 0 Å². The van der Waals surface area contributed by atoms with Crippen LogP contribution >= 0.6 is 22.9 Å². The molecule has 3 nitrogen and oxygen atoms in total. The number of halogens is 1. The summed E-state index contributed by atoms with van der Waals surface area (Å²) in [5.74, 6) is 0. The molecular formula is C14H22ClN3S. The summed E-state index contributed by atoms with van der Waals surface area (Å²) in [4.78, 5) is 7.12. The quantitative estimate of drug-likeness (QED) is 0.886. The molecule has 1 aromatic rings. The van der Waals surface area contributed by atoms with Crippen molar-refractivity contribution in [3.63, 3.8) is 0 Å². The second kappa shape index (κ2) is 6.73. The number of thiazole rings is 1. The molecule has 0 atom stereocenters. The summed E-state index contributed by atoms with van der Waals surface area (Å²) in [5.41, 5.74) is 2.24. The SMILES string of the molecule is CCCN1CCC=C(c2nc(NC(C)C)sc2Cl)C1. The lowest BCUT2D eigenvalue weighted by molar-refractivity contribution is 0.305. The Balaban J connectivity index is 2.13. The average molecular weight is 300 g/mol. The first-order valence-electron chi connectivity index (χ1n) is 6.94. The highest BCUT2D eigenvalue weighted by atomic mass is 35.5. The number of aromatic nitrogens is 1. The fourth-order valence-corrected chi connectivity index (χ4v) is 3.55. The lowest BCUT2D eigenvalue weighted by Crippen LogP contribution is -2.30. The van der Waals surface area contributed by atoms with Crippen molar-refractivity contribution in [3.05, 3.63) is 16.1 Å². The molecule has 19 heavy (non-hydrogen) atoms. The van der Waals surface area contributed by atoms with Gasteiger partial charge in [-0.25, -0.2) is 4.98 Å². The molecule has 0 saturated carbocycles. The number of anilines is 1. The standard InChI is InChI=1S/C14H22ClN3S/c1-4-7-18-8-5-6-11(9-18)12-13(15)19-14(17-12)16-10(2)3/h6,10H,4-5,7-9H2,1-3H3,(H,16,17). The van der Waals surface area contributed by atoms with Crippen molar-refractivity contribution in [1.29, 1.82) is 0 Å². The van der Waals surface area contributed by atoms with Gasteiger partial charge in [0, 0.05) is 19.1 Å². The monoisotopic (exact) mass is 299 g/mol. The van der Waals surface area contributed by atoms with Gasteiger partial charge in [0.05, 0.1) is 5.69 Å². The molecule has 0 saturated heterocycles. The Morgan fingerprint density at radius 1 is 1.53 bits per heavy atom. The Bertz CT molecular complexity index is 454. The van der Waals surface area contributed by atoms with Crippen molar-refractivity contribution < 1.29 is 0 Å². The topological polar surface area (TPSA) is 28.2 Å². The highest BCUT2D eigenvalue weighted by Gasteiger charge is 2.19.